The SMILES string of the molecule is NS(=O)(=O)c1nc2ccc(OCc3cn(C(Cc4ccc(F)cc4)C(=O)NC(COCc4cccc(OCCO)c4)C(=O)O)nn3)cc2s1. The van der Waals surface area contributed by atoms with Crippen molar-refractivity contribution in [1.29, 1.82) is 0 Å². The standard InChI is InChI=1S/C31H31FN6O9S2/c32-21-6-4-19(5-7-21)13-27(29(40)34-26(30(41)42)18-45-16-20-2-1-3-23(12-20)46-11-10-39)38-15-22(36-37-38)17-47-24-8-9-25-28(14-24)48-31(35-25)49(33,43)44/h1-9,12,14-15,26-27,39H,10-11,13,16-18H2,(H,34,40)(H,41,42)(H2,33,43,44). The maximum absolute atomic E-state index is 13.6. The Morgan fingerprint density at radius 2 is 1.80 bits per heavy atom. The summed E-state index contributed by atoms with van der Waals surface area (Å²) in [5.41, 5.74) is 2.04. The van der Waals surface area contributed by atoms with Gasteiger partial charge in [0.15, 0.2) is 6.04 Å². The highest BCUT2D eigenvalue weighted by Gasteiger charge is 2.28. The minimum atomic E-state index is -3.96. The zero-order valence-electron chi connectivity index (χ0n) is 25.6. The van der Waals surface area contributed by atoms with Crippen LogP contribution in [0.25, 0.3) is 10.2 Å². The molecule has 0 aliphatic heterocycles. The molecule has 5 N–H and O–H groups in total. The van der Waals surface area contributed by atoms with Crippen molar-refractivity contribution in [2.45, 2.75) is 36.1 Å². The Morgan fingerprint density at radius 3 is 2.53 bits per heavy atom. The van der Waals surface area contributed by atoms with E-state index in [-0.39, 0.29) is 43.8 Å². The van der Waals surface area contributed by atoms with Gasteiger partial charge < -0.3 is 29.7 Å². The summed E-state index contributed by atoms with van der Waals surface area (Å²) >= 11 is 0.899. The van der Waals surface area contributed by atoms with Gasteiger partial charge in [-0.25, -0.2) is 32.4 Å². The normalized spacial score (nSPS) is 12.8. The van der Waals surface area contributed by atoms with E-state index in [2.05, 4.69) is 20.6 Å². The van der Waals surface area contributed by atoms with Crippen molar-refractivity contribution in [3.63, 3.8) is 0 Å². The fraction of sp³-hybridized carbons (Fsp3) is 0.258. The predicted molar refractivity (Wildman–Crippen MR) is 173 cm³/mol. The number of carboxylic acids is 1. The number of primary sulfonamides is 1. The molecule has 258 valence electrons. The number of benzene rings is 3. The number of aliphatic hydroxyl groups is 1. The second kappa shape index (κ2) is 15.9. The third-order valence-corrected chi connectivity index (χ3v) is 9.26. The summed E-state index contributed by atoms with van der Waals surface area (Å²) in [7, 11) is -3.96. The number of ether oxygens (including phenoxy) is 3. The summed E-state index contributed by atoms with van der Waals surface area (Å²) in [6.45, 7) is -0.428. The number of hydrogen-bond donors (Lipinski definition) is 4. The van der Waals surface area contributed by atoms with Crippen LogP contribution in [0.5, 0.6) is 11.5 Å². The molecule has 5 rings (SSSR count). The Hall–Kier alpha value is -5.01. The lowest BCUT2D eigenvalue weighted by molar-refractivity contribution is -0.144. The van der Waals surface area contributed by atoms with Crippen molar-refractivity contribution in [1.82, 2.24) is 25.3 Å². The van der Waals surface area contributed by atoms with Gasteiger partial charge in [0.05, 0.1) is 36.2 Å². The van der Waals surface area contributed by atoms with E-state index < -0.39 is 39.8 Å². The van der Waals surface area contributed by atoms with Crippen LogP contribution in [0.1, 0.15) is 22.9 Å². The molecule has 3 aromatic carbocycles. The number of nitrogens with two attached hydrogens (primary N) is 1. The number of nitrogens with zero attached hydrogens (tertiary/aromatic N) is 4. The highest BCUT2D eigenvalue weighted by Crippen LogP contribution is 2.28. The van der Waals surface area contributed by atoms with Crippen molar-refractivity contribution in [2.24, 2.45) is 5.14 Å². The van der Waals surface area contributed by atoms with Crippen LogP contribution in [0.15, 0.2) is 77.3 Å². The first-order chi connectivity index (χ1) is 23.5. The smallest absolute Gasteiger partial charge is 0.328 e. The number of aliphatic carboxylic acids is 1. The number of thiazole rings is 1. The number of amides is 1. The van der Waals surface area contributed by atoms with Crippen molar-refractivity contribution in [2.75, 3.05) is 19.8 Å². The monoisotopic (exact) mass is 714 g/mol. The fourth-order valence-electron chi connectivity index (χ4n) is 4.56. The number of carbonyl (C=O) groups is 2. The van der Waals surface area contributed by atoms with Crippen molar-refractivity contribution < 1.29 is 46.8 Å². The van der Waals surface area contributed by atoms with Gasteiger partial charge in [-0.2, -0.15) is 0 Å². The molecule has 0 saturated carbocycles. The number of carbonyl (C=O) groups excluding carboxylic acids is 1. The molecular formula is C31H31FN6O9S2. The Bertz CT molecular complexity index is 2020. The summed E-state index contributed by atoms with van der Waals surface area (Å²) in [6, 6.07) is 14.7. The Kier molecular flexibility index (Phi) is 11.5. The molecule has 2 atom stereocenters. The number of sulfonamides is 1. The Labute approximate surface area is 283 Å². The second-order valence-corrected chi connectivity index (χ2v) is 13.4. The van der Waals surface area contributed by atoms with E-state index in [0.29, 0.717) is 38.5 Å². The molecule has 0 radical (unpaired) electrons. The highest BCUT2D eigenvalue weighted by molar-refractivity contribution is 7.91. The molecule has 0 saturated heterocycles. The van der Waals surface area contributed by atoms with Gasteiger partial charge in [0.1, 0.15) is 42.3 Å². The molecule has 0 spiro atoms. The first-order valence-electron chi connectivity index (χ1n) is 14.6. The van der Waals surface area contributed by atoms with Crippen molar-refractivity contribution >= 4 is 43.5 Å². The van der Waals surface area contributed by atoms with Gasteiger partial charge in [0, 0.05) is 6.42 Å². The van der Waals surface area contributed by atoms with E-state index in [4.69, 9.17) is 24.5 Å². The zero-order chi connectivity index (χ0) is 35.0. The number of carboxylic acid groups (broad SMARTS) is 1. The summed E-state index contributed by atoms with van der Waals surface area (Å²) in [5, 5.41) is 34.7. The van der Waals surface area contributed by atoms with E-state index in [9.17, 15) is 27.5 Å². The Balaban J connectivity index is 1.26. The summed E-state index contributed by atoms with van der Waals surface area (Å²) in [4.78, 5) is 29.7. The van der Waals surface area contributed by atoms with Gasteiger partial charge in [-0.1, -0.05) is 29.5 Å². The lowest BCUT2D eigenvalue weighted by Gasteiger charge is -2.21. The molecule has 0 aliphatic rings. The van der Waals surface area contributed by atoms with E-state index in [1.807, 2.05) is 0 Å². The number of aromatic nitrogens is 4. The third-order valence-electron chi connectivity index (χ3n) is 6.92. The van der Waals surface area contributed by atoms with Gasteiger partial charge in [0.2, 0.25) is 10.2 Å². The highest BCUT2D eigenvalue weighted by atomic mass is 32.2. The van der Waals surface area contributed by atoms with E-state index in [0.717, 1.165) is 11.3 Å². The minimum Gasteiger partial charge on any atom is -0.491 e. The fourth-order valence-corrected chi connectivity index (χ4v) is 6.25. The molecule has 0 fully saturated rings. The number of halogens is 1. The maximum Gasteiger partial charge on any atom is 0.328 e. The van der Waals surface area contributed by atoms with E-state index in [1.54, 1.807) is 42.5 Å². The van der Waals surface area contributed by atoms with Gasteiger partial charge in [0.25, 0.3) is 10.0 Å². The molecule has 2 unspecified atom stereocenters. The van der Waals surface area contributed by atoms with Crippen molar-refractivity contribution in [3.05, 3.63) is 95.6 Å². The number of fused-ring (bicyclic) bond motifs is 1. The van der Waals surface area contributed by atoms with Gasteiger partial charge in [-0.3, -0.25) is 4.79 Å². The van der Waals surface area contributed by atoms with Crippen LogP contribution in [0, 0.1) is 5.82 Å². The summed E-state index contributed by atoms with van der Waals surface area (Å²) < 4.78 is 55.3. The van der Waals surface area contributed by atoms with Crippen LogP contribution in [0.4, 0.5) is 4.39 Å². The lowest BCUT2D eigenvalue weighted by atomic mass is 10.0. The molecule has 2 aromatic heterocycles. The first-order valence-corrected chi connectivity index (χ1v) is 17.0. The lowest BCUT2D eigenvalue weighted by Crippen LogP contribution is -2.47. The van der Waals surface area contributed by atoms with E-state index in [1.165, 1.54) is 35.1 Å². The molecule has 18 heteroatoms. The summed E-state index contributed by atoms with van der Waals surface area (Å²) in [5.74, 6) is -1.58. The van der Waals surface area contributed by atoms with Gasteiger partial charge in [-0.15, -0.1) is 16.4 Å². The molecule has 0 bridgehead atoms. The van der Waals surface area contributed by atoms with Crippen LogP contribution in [0.3, 0.4) is 0 Å². The molecule has 5 aromatic rings. The number of rotatable bonds is 17. The molecular weight excluding hydrogens is 684 g/mol. The Morgan fingerprint density at radius 1 is 1.02 bits per heavy atom. The zero-order valence-corrected chi connectivity index (χ0v) is 27.3. The predicted octanol–water partition coefficient (Wildman–Crippen LogP) is 2.19. The number of aliphatic hydroxyl groups excluding tert-OH is 1. The first kappa shape index (κ1) is 35.3. The van der Waals surface area contributed by atoms with E-state index >= 15 is 0 Å². The van der Waals surface area contributed by atoms with Gasteiger partial charge in [-0.05, 0) is 53.6 Å². The van der Waals surface area contributed by atoms with Gasteiger partial charge >= 0.3 is 5.97 Å². The van der Waals surface area contributed by atoms with Crippen LogP contribution in [0.2, 0.25) is 0 Å². The number of nitrogens with one attached hydrogen (secondary N) is 1. The molecule has 1 amide bonds. The maximum atomic E-state index is 13.6. The topological polar surface area (TPSA) is 218 Å². The molecule has 0 aliphatic carbocycles. The quantitative estimate of drug-likeness (QED) is 0.109. The molecule has 49 heavy (non-hydrogen) atoms. The van der Waals surface area contributed by atoms with Crippen molar-refractivity contribution in [3.8, 4) is 11.5 Å². The number of hydrogen-bond acceptors (Lipinski definition) is 12. The minimum absolute atomic E-state index is 0.0258. The largest absolute Gasteiger partial charge is 0.491 e. The summed E-state index contributed by atoms with van der Waals surface area (Å²) in [6.07, 6.45) is 1.49. The second-order valence-electron chi connectivity index (χ2n) is 10.6. The van der Waals surface area contributed by atoms with Crippen LogP contribution in [-0.2, 0) is 44.0 Å². The van der Waals surface area contributed by atoms with Crippen LogP contribution >= 0.6 is 11.3 Å². The molecule has 2 heterocycles. The average Bonchev–Trinajstić information content (AvgIpc) is 3.73. The average molecular weight is 715 g/mol. The van der Waals surface area contributed by atoms with Crippen LogP contribution < -0.4 is 19.9 Å². The van der Waals surface area contributed by atoms with Crippen LogP contribution in [-0.4, -0.2) is 76.3 Å². The third kappa shape index (κ3) is 9.77. The molecule has 15 nitrogen and oxygen atoms in total.